The van der Waals surface area contributed by atoms with Crippen LogP contribution in [-0.4, -0.2) is 91.4 Å². The average molecular weight is 682 g/mol. The number of hydrogen-bond donors (Lipinski definition) is 2. The maximum Gasteiger partial charge on any atom is 0.292 e. The molecule has 2 fully saturated rings. The van der Waals surface area contributed by atoms with E-state index >= 15 is 0 Å². The van der Waals surface area contributed by atoms with Crippen LogP contribution in [0, 0.1) is 17.8 Å². The molecule has 2 aliphatic heterocycles. The minimum absolute atomic E-state index is 0.0321. The van der Waals surface area contributed by atoms with Crippen molar-refractivity contribution in [3.63, 3.8) is 0 Å². The van der Waals surface area contributed by atoms with Crippen molar-refractivity contribution in [2.24, 2.45) is 17.8 Å². The molecular formula is C35H44ClN5O7. The van der Waals surface area contributed by atoms with E-state index in [4.69, 9.17) is 25.5 Å². The number of ether oxygens (including phenoxy) is 2. The number of benzene rings is 2. The first kappa shape index (κ1) is 36.3. The topological polar surface area (TPSA) is 143 Å². The zero-order valence-corrected chi connectivity index (χ0v) is 28.8. The van der Waals surface area contributed by atoms with E-state index in [0.717, 1.165) is 0 Å². The summed E-state index contributed by atoms with van der Waals surface area (Å²) in [6.45, 7) is 6.90. The second-order valence-corrected chi connectivity index (χ2v) is 12.4. The highest BCUT2D eigenvalue weighted by Crippen LogP contribution is 2.37. The summed E-state index contributed by atoms with van der Waals surface area (Å²) < 4.78 is 16.2. The lowest BCUT2D eigenvalue weighted by atomic mass is 9.79. The first-order chi connectivity index (χ1) is 23.0. The number of carbonyl (C=O) groups excluding carboxylic acids is 4. The summed E-state index contributed by atoms with van der Waals surface area (Å²) in [6, 6.07) is 15.6. The number of nitrogens with zero attached hydrogens (tertiary/aromatic N) is 3. The second kappa shape index (κ2) is 17.0. The van der Waals surface area contributed by atoms with E-state index in [1.54, 1.807) is 23.1 Å². The van der Waals surface area contributed by atoms with Gasteiger partial charge in [0.1, 0.15) is 6.26 Å². The third-order valence-corrected chi connectivity index (χ3v) is 8.52. The van der Waals surface area contributed by atoms with Gasteiger partial charge in [0.25, 0.3) is 17.2 Å². The van der Waals surface area contributed by atoms with Gasteiger partial charge in [-0.05, 0) is 67.5 Å². The summed E-state index contributed by atoms with van der Waals surface area (Å²) in [5.74, 6) is -1.40. The Hall–Kier alpha value is -4.58. The number of halogens is 1. The molecule has 0 bridgehead atoms. The van der Waals surface area contributed by atoms with Crippen LogP contribution in [-0.2, 0) is 16.0 Å². The number of rotatable bonds is 10. The number of likely N-dealkylation sites (N-methyl/N-ethyl adjacent to an activating group) is 1. The fourth-order valence-corrected chi connectivity index (χ4v) is 6.19. The van der Waals surface area contributed by atoms with Crippen LogP contribution in [0.15, 0.2) is 59.2 Å². The summed E-state index contributed by atoms with van der Waals surface area (Å²) >= 11 is 5.75. The molecule has 2 aromatic carbocycles. The maximum absolute atomic E-state index is 13.5. The van der Waals surface area contributed by atoms with Gasteiger partial charge in [-0.15, -0.1) is 0 Å². The Labute approximate surface area is 286 Å². The standard InChI is InChI=1S/C26H32ClN5O7.C9H12/c1-14(2)39-20-6-5-15(7-21(20)37-4)24(35)31-9-16-10-32(25(36)19-13-38-26(27)30-19)12-18(17(16)11-31)23(34)29-8-22(33)28-3;1-2-6-9-7-4-3-5-8-9/h5-7,13-14,16-18H,8-12H2,1-4H3,(H,28,33)(H,29,34);3-5,7-8H,2,6H2,1H3. The van der Waals surface area contributed by atoms with Gasteiger partial charge in [-0.1, -0.05) is 43.7 Å². The Bertz CT molecular complexity index is 1560. The Morgan fingerprint density at radius 3 is 2.31 bits per heavy atom. The maximum atomic E-state index is 13.5. The predicted molar refractivity (Wildman–Crippen MR) is 180 cm³/mol. The number of hydrogen-bond acceptors (Lipinski definition) is 8. The predicted octanol–water partition coefficient (Wildman–Crippen LogP) is 4.09. The van der Waals surface area contributed by atoms with Crippen molar-refractivity contribution in [3.05, 3.63) is 77.0 Å². The van der Waals surface area contributed by atoms with Gasteiger partial charge < -0.3 is 34.3 Å². The van der Waals surface area contributed by atoms with Crippen molar-refractivity contribution in [3.8, 4) is 11.5 Å². The van der Waals surface area contributed by atoms with Crippen LogP contribution in [0.25, 0.3) is 0 Å². The molecular weight excluding hydrogens is 638 g/mol. The molecule has 0 radical (unpaired) electrons. The number of nitrogens with one attached hydrogen (secondary N) is 2. The minimum atomic E-state index is -0.645. The van der Waals surface area contributed by atoms with Crippen LogP contribution < -0.4 is 20.1 Å². The van der Waals surface area contributed by atoms with E-state index in [2.05, 4.69) is 52.9 Å². The van der Waals surface area contributed by atoms with E-state index in [1.165, 1.54) is 43.7 Å². The lowest BCUT2D eigenvalue weighted by Gasteiger charge is -2.39. The van der Waals surface area contributed by atoms with E-state index in [1.807, 2.05) is 13.8 Å². The highest BCUT2D eigenvalue weighted by Gasteiger charge is 2.48. The number of likely N-dealkylation sites (tertiary alicyclic amines) is 2. The van der Waals surface area contributed by atoms with Gasteiger partial charge >= 0.3 is 0 Å². The summed E-state index contributed by atoms with van der Waals surface area (Å²) in [5, 5.41) is 4.96. The molecule has 3 aromatic rings. The van der Waals surface area contributed by atoms with Gasteiger partial charge in [0.15, 0.2) is 17.2 Å². The van der Waals surface area contributed by atoms with E-state index in [-0.39, 0.29) is 59.8 Å². The monoisotopic (exact) mass is 681 g/mol. The fraction of sp³-hybridized carbons (Fsp3) is 0.457. The third kappa shape index (κ3) is 9.27. The molecule has 13 heteroatoms. The number of aryl methyl sites for hydroxylation is 1. The van der Waals surface area contributed by atoms with Gasteiger partial charge in [-0.3, -0.25) is 19.2 Å². The number of piperidine rings is 1. The average Bonchev–Trinajstić information content (AvgIpc) is 3.73. The SMILES string of the molecule is CCCc1ccccc1.CNC(=O)CNC(=O)C1CN(C(=O)c2coc(Cl)n2)CC2CN(C(=O)c3ccc(OC(C)C)c(OC)c3)CC21. The van der Waals surface area contributed by atoms with Gasteiger partial charge in [-0.25, -0.2) is 0 Å². The molecule has 258 valence electrons. The zero-order valence-electron chi connectivity index (χ0n) is 28.0. The molecule has 12 nitrogen and oxygen atoms in total. The molecule has 3 heterocycles. The number of carbonyl (C=O) groups is 4. The van der Waals surface area contributed by atoms with Gasteiger partial charge in [-0.2, -0.15) is 4.98 Å². The quantitative estimate of drug-likeness (QED) is 0.326. The molecule has 3 unspecified atom stereocenters. The summed E-state index contributed by atoms with van der Waals surface area (Å²) in [4.78, 5) is 58.7. The van der Waals surface area contributed by atoms with E-state index in [0.29, 0.717) is 36.7 Å². The number of methoxy groups -OCH3 is 1. The van der Waals surface area contributed by atoms with Crippen LogP contribution in [0.4, 0.5) is 0 Å². The molecule has 0 spiro atoms. The van der Waals surface area contributed by atoms with E-state index < -0.39 is 11.8 Å². The Balaban J connectivity index is 0.000000500. The Morgan fingerprint density at radius 1 is 1.00 bits per heavy atom. The van der Waals surface area contributed by atoms with Crippen LogP contribution >= 0.6 is 11.6 Å². The molecule has 4 amide bonds. The highest BCUT2D eigenvalue weighted by atomic mass is 35.5. The van der Waals surface area contributed by atoms with Crippen molar-refractivity contribution in [2.75, 3.05) is 46.9 Å². The first-order valence-corrected chi connectivity index (χ1v) is 16.5. The molecule has 48 heavy (non-hydrogen) atoms. The number of fused-ring (bicyclic) bond motifs is 1. The highest BCUT2D eigenvalue weighted by molar-refractivity contribution is 6.27. The molecule has 2 saturated heterocycles. The lowest BCUT2D eigenvalue weighted by Crippen LogP contribution is -2.53. The smallest absolute Gasteiger partial charge is 0.292 e. The third-order valence-electron chi connectivity index (χ3n) is 8.34. The lowest BCUT2D eigenvalue weighted by molar-refractivity contribution is -0.131. The molecule has 5 rings (SSSR count). The molecule has 2 aliphatic rings. The Morgan fingerprint density at radius 2 is 1.71 bits per heavy atom. The van der Waals surface area contributed by atoms with Crippen molar-refractivity contribution < 1.29 is 33.1 Å². The van der Waals surface area contributed by atoms with Crippen molar-refractivity contribution >= 4 is 35.2 Å². The van der Waals surface area contributed by atoms with Crippen molar-refractivity contribution in [1.82, 2.24) is 25.4 Å². The second-order valence-electron chi connectivity index (χ2n) is 12.1. The molecule has 2 N–H and O–H groups in total. The van der Waals surface area contributed by atoms with Gasteiger partial charge in [0, 0.05) is 38.8 Å². The minimum Gasteiger partial charge on any atom is -0.493 e. The van der Waals surface area contributed by atoms with Crippen LogP contribution in [0.2, 0.25) is 5.35 Å². The molecule has 3 atom stereocenters. The van der Waals surface area contributed by atoms with Crippen LogP contribution in [0.1, 0.15) is 53.6 Å². The normalized spacial score (nSPS) is 18.4. The number of amides is 4. The molecule has 0 aliphatic carbocycles. The summed E-state index contributed by atoms with van der Waals surface area (Å²) in [6.07, 6.45) is 3.56. The largest absolute Gasteiger partial charge is 0.493 e. The first-order valence-electron chi connectivity index (χ1n) is 16.1. The molecule has 1 aromatic heterocycles. The van der Waals surface area contributed by atoms with E-state index in [9.17, 15) is 19.2 Å². The fourth-order valence-electron chi connectivity index (χ4n) is 6.05. The van der Waals surface area contributed by atoms with Crippen molar-refractivity contribution in [1.29, 1.82) is 0 Å². The van der Waals surface area contributed by atoms with Gasteiger partial charge in [0.05, 0.1) is 25.7 Å². The number of aromatic nitrogens is 1. The van der Waals surface area contributed by atoms with Crippen molar-refractivity contribution in [2.45, 2.75) is 39.7 Å². The molecule has 0 saturated carbocycles. The van der Waals surface area contributed by atoms with Crippen LogP contribution in [0.3, 0.4) is 0 Å². The Kier molecular flexibility index (Phi) is 12.8. The summed E-state index contributed by atoms with van der Waals surface area (Å²) in [5.41, 5.74) is 1.90. The van der Waals surface area contributed by atoms with Gasteiger partial charge in [0.2, 0.25) is 11.8 Å². The number of oxazole rings is 1. The summed E-state index contributed by atoms with van der Waals surface area (Å²) in [7, 11) is 2.99. The van der Waals surface area contributed by atoms with Crippen LogP contribution in [0.5, 0.6) is 11.5 Å². The zero-order chi connectivity index (χ0) is 34.8.